The lowest BCUT2D eigenvalue weighted by atomic mass is 9.73. The molecule has 0 spiro atoms. The Labute approximate surface area is 235 Å². The number of amides is 3. The molecule has 9 nitrogen and oxygen atoms in total. The Morgan fingerprint density at radius 2 is 1.88 bits per heavy atom. The SMILES string of the molecule is COc1ccc(C2(C#N)CCN(CCCCc3cccc4c3CN(C3CCC(=O)NC3=O)C4=O)CC2)c(OC)c1. The summed E-state index contributed by atoms with van der Waals surface area (Å²) in [7, 11) is 3.25. The van der Waals surface area contributed by atoms with Gasteiger partial charge in [0.2, 0.25) is 11.8 Å². The Hall–Kier alpha value is -3.90. The number of likely N-dealkylation sites (tertiary alicyclic amines) is 1. The number of fused-ring (bicyclic) bond motifs is 1. The Balaban J connectivity index is 1.14. The van der Waals surface area contributed by atoms with Gasteiger partial charge in [-0.15, -0.1) is 0 Å². The summed E-state index contributed by atoms with van der Waals surface area (Å²) in [5.41, 5.74) is 3.17. The van der Waals surface area contributed by atoms with Crippen LogP contribution in [-0.4, -0.2) is 67.4 Å². The van der Waals surface area contributed by atoms with Gasteiger partial charge in [-0.2, -0.15) is 5.26 Å². The number of nitrogens with zero attached hydrogens (tertiary/aromatic N) is 3. The van der Waals surface area contributed by atoms with Gasteiger partial charge < -0.3 is 19.3 Å². The molecule has 2 saturated heterocycles. The molecule has 0 aliphatic carbocycles. The molecule has 2 fully saturated rings. The normalized spacial score (nSPS) is 20.6. The number of nitriles is 1. The van der Waals surface area contributed by atoms with E-state index in [0.717, 1.165) is 68.4 Å². The van der Waals surface area contributed by atoms with Crippen molar-refractivity contribution in [2.75, 3.05) is 33.9 Å². The standard InChI is InChI=1S/C31H36N4O5/c1-39-22-9-10-25(27(18-22)40-2)31(20-32)13-16-34(17-14-31)15-4-3-6-21-7-5-8-23-24(21)19-35(30(23)38)26-11-12-28(36)33-29(26)37/h5,7-10,18,26H,3-4,6,11-17,19H2,1-2H3,(H,33,36,37). The zero-order valence-corrected chi connectivity index (χ0v) is 23.2. The van der Waals surface area contributed by atoms with Crippen molar-refractivity contribution in [3.8, 4) is 17.6 Å². The molecule has 0 saturated carbocycles. The Morgan fingerprint density at radius 1 is 1.07 bits per heavy atom. The summed E-state index contributed by atoms with van der Waals surface area (Å²) in [6.45, 7) is 3.06. The van der Waals surface area contributed by atoms with E-state index >= 15 is 0 Å². The minimum Gasteiger partial charge on any atom is -0.497 e. The molecule has 9 heteroatoms. The first-order valence-corrected chi connectivity index (χ1v) is 14.0. The van der Waals surface area contributed by atoms with Gasteiger partial charge in [-0.05, 0) is 81.4 Å². The highest BCUT2D eigenvalue weighted by Crippen LogP contribution is 2.41. The van der Waals surface area contributed by atoms with Gasteiger partial charge in [-0.1, -0.05) is 18.2 Å². The molecule has 0 aromatic heterocycles. The third-order valence-electron chi connectivity index (χ3n) is 8.70. The molecule has 3 aliphatic rings. The van der Waals surface area contributed by atoms with Gasteiger partial charge in [0.15, 0.2) is 0 Å². The van der Waals surface area contributed by atoms with E-state index in [4.69, 9.17) is 9.47 Å². The number of benzene rings is 2. The molecule has 1 N–H and O–H groups in total. The van der Waals surface area contributed by atoms with E-state index in [0.29, 0.717) is 30.0 Å². The molecular formula is C31H36N4O5. The second-order valence-electron chi connectivity index (χ2n) is 10.9. The second kappa shape index (κ2) is 11.7. The van der Waals surface area contributed by atoms with Gasteiger partial charge in [0, 0.05) is 30.2 Å². The van der Waals surface area contributed by atoms with E-state index in [1.165, 1.54) is 0 Å². The van der Waals surface area contributed by atoms with Crippen LogP contribution in [-0.2, 0) is 28.0 Å². The highest BCUT2D eigenvalue weighted by molar-refractivity contribution is 6.05. The summed E-state index contributed by atoms with van der Waals surface area (Å²) in [6.07, 6.45) is 4.97. The fraction of sp³-hybridized carbons (Fsp3) is 0.484. The third kappa shape index (κ3) is 5.28. The topological polar surface area (TPSA) is 112 Å². The average Bonchev–Trinajstić information content (AvgIpc) is 3.32. The Morgan fingerprint density at radius 3 is 2.58 bits per heavy atom. The van der Waals surface area contributed by atoms with Gasteiger partial charge in [-0.25, -0.2) is 0 Å². The molecule has 3 amide bonds. The predicted molar refractivity (Wildman–Crippen MR) is 148 cm³/mol. The van der Waals surface area contributed by atoms with E-state index in [-0.39, 0.29) is 24.1 Å². The van der Waals surface area contributed by atoms with Crippen LogP contribution >= 0.6 is 0 Å². The number of aryl methyl sites for hydroxylation is 1. The van der Waals surface area contributed by atoms with Crippen molar-refractivity contribution >= 4 is 17.7 Å². The minimum atomic E-state index is -0.594. The molecule has 2 aromatic carbocycles. The van der Waals surface area contributed by atoms with Crippen molar-refractivity contribution in [2.24, 2.45) is 0 Å². The molecule has 1 unspecified atom stereocenters. The molecule has 2 aromatic rings. The van der Waals surface area contributed by atoms with Crippen LogP contribution in [0.4, 0.5) is 0 Å². The van der Waals surface area contributed by atoms with Crippen molar-refractivity contribution in [3.05, 3.63) is 58.7 Å². The Bertz CT molecular complexity index is 1340. The largest absolute Gasteiger partial charge is 0.497 e. The number of carbonyl (C=O) groups excluding carboxylic acids is 3. The summed E-state index contributed by atoms with van der Waals surface area (Å²) in [5, 5.41) is 12.5. The highest BCUT2D eigenvalue weighted by Gasteiger charge is 2.40. The van der Waals surface area contributed by atoms with Crippen LogP contribution < -0.4 is 14.8 Å². The fourth-order valence-electron chi connectivity index (χ4n) is 6.33. The number of piperidine rings is 2. The van der Waals surface area contributed by atoms with E-state index in [9.17, 15) is 19.6 Å². The van der Waals surface area contributed by atoms with Crippen molar-refractivity contribution in [1.29, 1.82) is 5.26 Å². The number of carbonyl (C=O) groups is 3. The first kappa shape index (κ1) is 27.7. The number of methoxy groups -OCH3 is 2. The predicted octanol–water partition coefficient (Wildman–Crippen LogP) is 3.34. The molecule has 5 rings (SSSR count). The number of ether oxygens (including phenoxy) is 2. The molecule has 3 heterocycles. The van der Waals surface area contributed by atoms with E-state index < -0.39 is 11.5 Å². The van der Waals surface area contributed by atoms with Gasteiger partial charge in [-0.3, -0.25) is 19.7 Å². The number of unbranched alkanes of at least 4 members (excludes halogenated alkanes) is 1. The number of hydrogen-bond donors (Lipinski definition) is 1. The first-order valence-electron chi connectivity index (χ1n) is 14.0. The fourth-order valence-corrected chi connectivity index (χ4v) is 6.33. The van der Waals surface area contributed by atoms with Crippen LogP contribution in [0.2, 0.25) is 0 Å². The van der Waals surface area contributed by atoms with Crippen LogP contribution in [0.15, 0.2) is 36.4 Å². The molecule has 1 atom stereocenters. The van der Waals surface area contributed by atoms with Crippen LogP contribution in [0.3, 0.4) is 0 Å². The smallest absolute Gasteiger partial charge is 0.255 e. The summed E-state index contributed by atoms with van der Waals surface area (Å²) in [5.74, 6) is 0.613. The molecular weight excluding hydrogens is 508 g/mol. The lowest BCUT2D eigenvalue weighted by Gasteiger charge is -2.38. The first-order chi connectivity index (χ1) is 19.4. The van der Waals surface area contributed by atoms with Gasteiger partial charge >= 0.3 is 0 Å². The zero-order valence-electron chi connectivity index (χ0n) is 23.2. The number of nitrogens with one attached hydrogen (secondary N) is 1. The molecule has 3 aliphatic heterocycles. The summed E-state index contributed by atoms with van der Waals surface area (Å²) >= 11 is 0. The van der Waals surface area contributed by atoms with Gasteiger partial charge in [0.1, 0.15) is 17.5 Å². The summed E-state index contributed by atoms with van der Waals surface area (Å²) < 4.78 is 10.9. The lowest BCUT2D eigenvalue weighted by molar-refractivity contribution is -0.136. The summed E-state index contributed by atoms with van der Waals surface area (Å²) in [4.78, 5) is 41.0. The maximum atomic E-state index is 13.1. The Kier molecular flexibility index (Phi) is 8.08. The van der Waals surface area contributed by atoms with Crippen LogP contribution in [0.25, 0.3) is 0 Å². The average molecular weight is 545 g/mol. The van der Waals surface area contributed by atoms with E-state index in [2.05, 4.69) is 22.4 Å². The summed E-state index contributed by atoms with van der Waals surface area (Å²) in [6, 6.07) is 13.5. The highest BCUT2D eigenvalue weighted by atomic mass is 16.5. The molecule has 0 bridgehead atoms. The van der Waals surface area contributed by atoms with Crippen molar-refractivity contribution in [1.82, 2.24) is 15.1 Å². The minimum absolute atomic E-state index is 0.130. The van der Waals surface area contributed by atoms with Gasteiger partial charge in [0.05, 0.1) is 25.7 Å². The van der Waals surface area contributed by atoms with Crippen molar-refractivity contribution in [2.45, 2.75) is 62.9 Å². The number of rotatable bonds is 9. The number of imide groups is 1. The maximum Gasteiger partial charge on any atom is 0.255 e. The van der Waals surface area contributed by atoms with Crippen LogP contribution in [0, 0.1) is 11.3 Å². The zero-order chi connectivity index (χ0) is 28.3. The monoisotopic (exact) mass is 544 g/mol. The third-order valence-corrected chi connectivity index (χ3v) is 8.70. The van der Waals surface area contributed by atoms with Crippen molar-refractivity contribution < 1.29 is 23.9 Å². The number of hydrogen-bond acceptors (Lipinski definition) is 7. The molecule has 0 radical (unpaired) electrons. The molecule has 210 valence electrons. The second-order valence-corrected chi connectivity index (χ2v) is 10.9. The lowest BCUT2D eigenvalue weighted by Crippen LogP contribution is -2.52. The van der Waals surface area contributed by atoms with Crippen molar-refractivity contribution in [3.63, 3.8) is 0 Å². The van der Waals surface area contributed by atoms with E-state index in [1.54, 1.807) is 19.1 Å². The van der Waals surface area contributed by atoms with Crippen LogP contribution in [0.5, 0.6) is 11.5 Å². The van der Waals surface area contributed by atoms with E-state index in [1.807, 2.05) is 30.3 Å². The quantitative estimate of drug-likeness (QED) is 0.381. The van der Waals surface area contributed by atoms with Gasteiger partial charge in [0.25, 0.3) is 5.91 Å². The van der Waals surface area contributed by atoms with Crippen LogP contribution in [0.1, 0.15) is 65.6 Å². The maximum absolute atomic E-state index is 13.1. The molecule has 40 heavy (non-hydrogen) atoms.